The van der Waals surface area contributed by atoms with Gasteiger partial charge in [0.05, 0.1) is 12.7 Å². The third-order valence-corrected chi connectivity index (χ3v) is 3.36. The van der Waals surface area contributed by atoms with Gasteiger partial charge in [-0.2, -0.15) is 0 Å². The van der Waals surface area contributed by atoms with Crippen LogP contribution in [0.5, 0.6) is 0 Å². The Morgan fingerprint density at radius 1 is 1.26 bits per heavy atom. The second-order valence-electron chi connectivity index (χ2n) is 5.20. The van der Waals surface area contributed by atoms with Gasteiger partial charge in [-0.05, 0) is 30.9 Å². The van der Waals surface area contributed by atoms with Crippen molar-refractivity contribution in [3.05, 3.63) is 41.5 Å². The quantitative estimate of drug-likeness (QED) is 0.705. The van der Waals surface area contributed by atoms with Crippen molar-refractivity contribution in [2.45, 2.75) is 51.9 Å². The Morgan fingerprint density at radius 2 is 2.05 bits per heavy atom. The van der Waals surface area contributed by atoms with Crippen molar-refractivity contribution in [2.75, 3.05) is 6.61 Å². The molecule has 0 aliphatic carbocycles. The van der Waals surface area contributed by atoms with E-state index in [9.17, 15) is 0 Å². The lowest BCUT2D eigenvalue weighted by molar-refractivity contribution is -0.0267. The van der Waals surface area contributed by atoms with Crippen LogP contribution in [-0.4, -0.2) is 19.0 Å². The van der Waals surface area contributed by atoms with E-state index in [2.05, 4.69) is 44.2 Å². The molecule has 2 atom stereocenters. The summed E-state index contributed by atoms with van der Waals surface area (Å²) in [6.45, 7) is 4.99. The van der Waals surface area contributed by atoms with Gasteiger partial charge >= 0.3 is 0 Å². The Labute approximate surface area is 116 Å². The summed E-state index contributed by atoms with van der Waals surface area (Å²) in [6, 6.07) is 10.4. The summed E-state index contributed by atoms with van der Waals surface area (Å²) >= 11 is 0. The highest BCUT2D eigenvalue weighted by Crippen LogP contribution is 2.25. The third-order valence-electron chi connectivity index (χ3n) is 3.36. The van der Waals surface area contributed by atoms with Gasteiger partial charge in [-0.25, -0.2) is 0 Å². The van der Waals surface area contributed by atoms with Crippen LogP contribution in [0, 0.1) is 0 Å². The molecule has 2 heteroatoms. The second-order valence-corrected chi connectivity index (χ2v) is 5.20. The summed E-state index contributed by atoms with van der Waals surface area (Å²) in [5.41, 5.74) is 2.49. The monoisotopic (exact) mass is 260 g/mol. The van der Waals surface area contributed by atoms with Crippen molar-refractivity contribution in [3.8, 4) is 0 Å². The van der Waals surface area contributed by atoms with Crippen LogP contribution in [0.4, 0.5) is 0 Å². The topological polar surface area (TPSA) is 18.5 Å². The number of hydrogen-bond acceptors (Lipinski definition) is 2. The van der Waals surface area contributed by atoms with Crippen molar-refractivity contribution in [3.63, 3.8) is 0 Å². The van der Waals surface area contributed by atoms with E-state index < -0.39 is 0 Å². The summed E-state index contributed by atoms with van der Waals surface area (Å²) < 4.78 is 11.6. The first-order valence-electron chi connectivity index (χ1n) is 7.32. The van der Waals surface area contributed by atoms with E-state index in [-0.39, 0.29) is 12.4 Å². The molecule has 1 fully saturated rings. The molecule has 2 rings (SSSR count). The van der Waals surface area contributed by atoms with Gasteiger partial charge in [0, 0.05) is 0 Å². The highest BCUT2D eigenvalue weighted by Gasteiger charge is 2.25. The molecule has 1 aromatic rings. The normalized spacial score (nSPS) is 23.8. The summed E-state index contributed by atoms with van der Waals surface area (Å²) in [5, 5.41) is 0. The predicted molar refractivity (Wildman–Crippen MR) is 78.8 cm³/mol. The molecule has 0 N–H and O–H groups in total. The fourth-order valence-corrected chi connectivity index (χ4v) is 2.31. The smallest absolute Gasteiger partial charge is 0.180 e. The molecule has 1 aliphatic heterocycles. The van der Waals surface area contributed by atoms with Gasteiger partial charge in [0.15, 0.2) is 6.29 Å². The van der Waals surface area contributed by atoms with Crippen LogP contribution in [0.25, 0.3) is 6.08 Å². The minimum Gasteiger partial charge on any atom is -0.346 e. The SMILES string of the molecule is CCCCC/C(=C\c1ccccc1)[C@H]1OC[C@H](C)O1. The molecule has 1 heterocycles. The fraction of sp³-hybridized carbons (Fsp3) is 0.529. The van der Waals surface area contributed by atoms with Gasteiger partial charge in [-0.3, -0.25) is 0 Å². The molecule has 1 aromatic carbocycles. The molecule has 0 radical (unpaired) electrons. The summed E-state index contributed by atoms with van der Waals surface area (Å²) in [7, 11) is 0. The second kappa shape index (κ2) is 7.46. The zero-order valence-corrected chi connectivity index (χ0v) is 12.0. The van der Waals surface area contributed by atoms with Gasteiger partial charge in [-0.15, -0.1) is 0 Å². The molecule has 0 amide bonds. The zero-order chi connectivity index (χ0) is 13.5. The summed E-state index contributed by atoms with van der Waals surface area (Å²) in [6.07, 6.45) is 7.03. The van der Waals surface area contributed by atoms with E-state index in [1.54, 1.807) is 0 Å². The Morgan fingerprint density at radius 3 is 2.68 bits per heavy atom. The average molecular weight is 260 g/mol. The number of unbranched alkanes of at least 4 members (excludes halogenated alkanes) is 2. The Balaban J connectivity index is 2.07. The Hall–Kier alpha value is -1.12. The van der Waals surface area contributed by atoms with Gasteiger partial charge in [0.2, 0.25) is 0 Å². The van der Waals surface area contributed by atoms with Crippen LogP contribution >= 0.6 is 0 Å². The van der Waals surface area contributed by atoms with Gasteiger partial charge < -0.3 is 9.47 Å². The fourth-order valence-electron chi connectivity index (χ4n) is 2.31. The van der Waals surface area contributed by atoms with E-state index in [1.807, 2.05) is 6.07 Å². The molecule has 0 unspecified atom stereocenters. The van der Waals surface area contributed by atoms with Crippen LogP contribution < -0.4 is 0 Å². The zero-order valence-electron chi connectivity index (χ0n) is 12.0. The molecule has 0 saturated carbocycles. The van der Waals surface area contributed by atoms with Crippen LogP contribution in [0.1, 0.15) is 45.1 Å². The first kappa shape index (κ1) is 14.3. The maximum Gasteiger partial charge on any atom is 0.180 e. The Kier molecular flexibility index (Phi) is 5.62. The van der Waals surface area contributed by atoms with Crippen molar-refractivity contribution in [1.82, 2.24) is 0 Å². The van der Waals surface area contributed by atoms with E-state index >= 15 is 0 Å². The van der Waals surface area contributed by atoms with Crippen LogP contribution in [0.3, 0.4) is 0 Å². The lowest BCUT2D eigenvalue weighted by Crippen LogP contribution is -2.13. The lowest BCUT2D eigenvalue weighted by atomic mass is 10.0. The average Bonchev–Trinajstić information content (AvgIpc) is 2.86. The molecule has 0 bridgehead atoms. The van der Waals surface area contributed by atoms with Gasteiger partial charge in [0.25, 0.3) is 0 Å². The summed E-state index contributed by atoms with van der Waals surface area (Å²) in [4.78, 5) is 0. The lowest BCUT2D eigenvalue weighted by Gasteiger charge is -2.15. The van der Waals surface area contributed by atoms with E-state index in [0.29, 0.717) is 6.61 Å². The minimum atomic E-state index is -0.146. The molecule has 0 spiro atoms. The van der Waals surface area contributed by atoms with E-state index in [4.69, 9.17) is 9.47 Å². The molecule has 0 aromatic heterocycles. The van der Waals surface area contributed by atoms with Crippen molar-refractivity contribution in [1.29, 1.82) is 0 Å². The Bertz CT molecular complexity index is 397. The number of hydrogen-bond donors (Lipinski definition) is 0. The third kappa shape index (κ3) is 4.48. The van der Waals surface area contributed by atoms with E-state index in [1.165, 1.54) is 30.4 Å². The first-order chi connectivity index (χ1) is 9.29. The standard InChI is InChI=1S/C17H24O2/c1-3-4-6-11-16(17-18-13-14(2)19-17)12-15-9-7-5-8-10-15/h5,7-10,12,14,17H,3-4,6,11,13H2,1-2H3/b16-12+/t14-,17-/m0/s1. The van der Waals surface area contributed by atoms with Gasteiger partial charge in [0.1, 0.15) is 0 Å². The van der Waals surface area contributed by atoms with Gasteiger partial charge in [-0.1, -0.05) is 56.2 Å². The minimum absolute atomic E-state index is 0.146. The molecule has 1 saturated heterocycles. The predicted octanol–water partition coefficient (Wildman–Crippen LogP) is 4.41. The van der Waals surface area contributed by atoms with Crippen LogP contribution in [0.2, 0.25) is 0 Å². The molecular formula is C17H24O2. The number of rotatable bonds is 6. The molecule has 104 valence electrons. The number of benzene rings is 1. The first-order valence-corrected chi connectivity index (χ1v) is 7.32. The molecule has 1 aliphatic rings. The van der Waals surface area contributed by atoms with E-state index in [0.717, 1.165) is 6.42 Å². The maximum absolute atomic E-state index is 5.84. The summed E-state index contributed by atoms with van der Waals surface area (Å²) in [5.74, 6) is 0. The highest BCUT2D eigenvalue weighted by atomic mass is 16.7. The van der Waals surface area contributed by atoms with Crippen molar-refractivity contribution in [2.24, 2.45) is 0 Å². The van der Waals surface area contributed by atoms with Crippen LogP contribution in [0.15, 0.2) is 35.9 Å². The van der Waals surface area contributed by atoms with Crippen molar-refractivity contribution >= 4 is 6.08 Å². The maximum atomic E-state index is 5.84. The largest absolute Gasteiger partial charge is 0.346 e. The number of ether oxygens (including phenoxy) is 2. The molecular weight excluding hydrogens is 236 g/mol. The molecule has 2 nitrogen and oxygen atoms in total. The molecule has 19 heavy (non-hydrogen) atoms. The highest BCUT2D eigenvalue weighted by molar-refractivity contribution is 5.53. The van der Waals surface area contributed by atoms with Crippen molar-refractivity contribution < 1.29 is 9.47 Å². The van der Waals surface area contributed by atoms with Crippen LogP contribution in [-0.2, 0) is 9.47 Å².